The number of fused-ring (bicyclic) bond motifs is 1. The Balaban J connectivity index is 1.87. The van der Waals surface area contributed by atoms with Crippen molar-refractivity contribution in [3.05, 3.63) is 51.3 Å². The maximum Gasteiger partial charge on any atom is 0.252 e. The average molecular weight is 372 g/mol. The highest BCUT2D eigenvalue weighted by atomic mass is 79.9. The molecule has 0 unspecified atom stereocenters. The van der Waals surface area contributed by atoms with Crippen LogP contribution in [0.3, 0.4) is 0 Å². The molecule has 0 aliphatic carbocycles. The van der Waals surface area contributed by atoms with Crippen LogP contribution in [0, 0.1) is 0 Å². The molecule has 1 aliphatic rings. The molecule has 0 N–H and O–H groups in total. The van der Waals surface area contributed by atoms with Gasteiger partial charge in [-0.2, -0.15) is 4.31 Å². The van der Waals surface area contributed by atoms with Crippen molar-refractivity contribution in [3.8, 4) is 0 Å². The second kappa shape index (κ2) is 5.60. The molecular weight excluding hydrogens is 358 g/mol. The monoisotopic (exact) mass is 371 g/mol. The Morgan fingerprint density at radius 2 is 1.60 bits per heavy atom. The van der Waals surface area contributed by atoms with Gasteiger partial charge in [-0.1, -0.05) is 24.3 Å². The standard InChI is InChI=1S/C14H14BrNO2S2/c15-13-5-6-14(19-13)20(17,18)16-9-7-11-3-1-2-4-12(11)8-10-16/h1-6H,7-10H2. The van der Waals surface area contributed by atoms with Crippen LogP contribution in [0.1, 0.15) is 11.1 Å². The van der Waals surface area contributed by atoms with Crippen LogP contribution >= 0.6 is 27.3 Å². The topological polar surface area (TPSA) is 37.4 Å². The molecule has 0 amide bonds. The van der Waals surface area contributed by atoms with Gasteiger partial charge >= 0.3 is 0 Å². The molecule has 0 saturated heterocycles. The SMILES string of the molecule is O=S(=O)(c1ccc(Br)s1)N1CCc2ccccc2CC1. The van der Waals surface area contributed by atoms with Gasteiger partial charge in [-0.25, -0.2) is 8.42 Å². The van der Waals surface area contributed by atoms with Gasteiger partial charge in [-0.15, -0.1) is 11.3 Å². The highest BCUT2D eigenvalue weighted by Gasteiger charge is 2.27. The van der Waals surface area contributed by atoms with E-state index in [4.69, 9.17) is 0 Å². The number of hydrogen-bond acceptors (Lipinski definition) is 3. The second-order valence-electron chi connectivity index (χ2n) is 4.73. The normalized spacial score (nSPS) is 16.6. The number of nitrogens with zero attached hydrogens (tertiary/aromatic N) is 1. The van der Waals surface area contributed by atoms with Crippen molar-refractivity contribution >= 4 is 37.3 Å². The lowest BCUT2D eigenvalue weighted by Crippen LogP contribution is -2.32. The number of benzene rings is 1. The summed E-state index contributed by atoms with van der Waals surface area (Å²) < 4.78 is 28.1. The molecule has 0 radical (unpaired) electrons. The van der Waals surface area contributed by atoms with Crippen LogP contribution in [0.2, 0.25) is 0 Å². The fraction of sp³-hybridized carbons (Fsp3) is 0.286. The molecule has 6 heteroatoms. The Hall–Kier alpha value is -0.690. The summed E-state index contributed by atoms with van der Waals surface area (Å²) in [5, 5.41) is 0. The summed E-state index contributed by atoms with van der Waals surface area (Å²) in [5.41, 5.74) is 2.52. The van der Waals surface area contributed by atoms with E-state index in [2.05, 4.69) is 28.1 Å². The van der Waals surface area contributed by atoms with Crippen LogP contribution in [0.25, 0.3) is 0 Å². The van der Waals surface area contributed by atoms with Gasteiger partial charge in [0.2, 0.25) is 0 Å². The van der Waals surface area contributed by atoms with Crippen molar-refractivity contribution in [3.63, 3.8) is 0 Å². The van der Waals surface area contributed by atoms with Gasteiger partial charge in [0.25, 0.3) is 10.0 Å². The van der Waals surface area contributed by atoms with Crippen LogP contribution in [0.5, 0.6) is 0 Å². The zero-order valence-corrected chi connectivity index (χ0v) is 14.0. The number of sulfonamides is 1. The maximum absolute atomic E-state index is 12.6. The molecule has 0 fully saturated rings. The molecule has 3 nitrogen and oxygen atoms in total. The zero-order valence-electron chi connectivity index (χ0n) is 10.8. The molecule has 0 saturated carbocycles. The predicted octanol–water partition coefficient (Wildman–Crippen LogP) is 3.30. The van der Waals surface area contributed by atoms with Crippen molar-refractivity contribution in [2.24, 2.45) is 0 Å². The molecule has 1 aliphatic heterocycles. The fourth-order valence-electron chi connectivity index (χ4n) is 2.45. The molecule has 2 aromatic rings. The van der Waals surface area contributed by atoms with Gasteiger partial charge in [-0.3, -0.25) is 0 Å². The molecule has 0 bridgehead atoms. The zero-order chi connectivity index (χ0) is 14.2. The van der Waals surface area contributed by atoms with Crippen LogP contribution in [-0.4, -0.2) is 25.8 Å². The van der Waals surface area contributed by atoms with Gasteiger partial charge in [0.1, 0.15) is 4.21 Å². The lowest BCUT2D eigenvalue weighted by Gasteiger charge is -2.18. The smallest absolute Gasteiger partial charge is 0.206 e. The quantitative estimate of drug-likeness (QED) is 0.811. The van der Waals surface area contributed by atoms with E-state index in [1.807, 2.05) is 12.1 Å². The van der Waals surface area contributed by atoms with Crippen molar-refractivity contribution < 1.29 is 8.42 Å². The number of thiophene rings is 1. The summed E-state index contributed by atoms with van der Waals surface area (Å²) in [4.78, 5) is 0. The van der Waals surface area contributed by atoms with E-state index in [9.17, 15) is 8.42 Å². The third-order valence-electron chi connectivity index (χ3n) is 3.52. The highest BCUT2D eigenvalue weighted by molar-refractivity contribution is 9.11. The minimum Gasteiger partial charge on any atom is -0.206 e. The Morgan fingerprint density at radius 3 is 2.10 bits per heavy atom. The lowest BCUT2D eigenvalue weighted by atomic mass is 10.0. The molecule has 1 aromatic carbocycles. The van der Waals surface area contributed by atoms with E-state index >= 15 is 0 Å². The molecule has 2 heterocycles. The van der Waals surface area contributed by atoms with Crippen LogP contribution in [-0.2, 0) is 22.9 Å². The first-order valence-electron chi connectivity index (χ1n) is 6.39. The Morgan fingerprint density at radius 1 is 1.00 bits per heavy atom. The summed E-state index contributed by atoms with van der Waals surface area (Å²) in [5.74, 6) is 0. The fourth-order valence-corrected chi connectivity index (χ4v) is 6.06. The Kier molecular flexibility index (Phi) is 3.99. The van der Waals surface area contributed by atoms with E-state index < -0.39 is 10.0 Å². The molecular formula is C14H14BrNO2S2. The van der Waals surface area contributed by atoms with E-state index in [0.717, 1.165) is 16.6 Å². The Labute approximate surface area is 131 Å². The lowest BCUT2D eigenvalue weighted by molar-refractivity contribution is 0.428. The van der Waals surface area contributed by atoms with Crippen molar-refractivity contribution in [1.29, 1.82) is 0 Å². The van der Waals surface area contributed by atoms with Gasteiger partial charge in [0.15, 0.2) is 0 Å². The van der Waals surface area contributed by atoms with Gasteiger partial charge in [-0.05, 0) is 52.0 Å². The van der Waals surface area contributed by atoms with Gasteiger partial charge in [0.05, 0.1) is 3.79 Å². The second-order valence-corrected chi connectivity index (χ2v) is 9.36. The van der Waals surface area contributed by atoms with E-state index in [-0.39, 0.29) is 0 Å². The van der Waals surface area contributed by atoms with E-state index in [1.54, 1.807) is 16.4 Å². The van der Waals surface area contributed by atoms with Crippen LogP contribution in [0.4, 0.5) is 0 Å². The third kappa shape index (κ3) is 2.70. The third-order valence-corrected chi connectivity index (χ3v) is 7.51. The number of rotatable bonds is 2. The molecule has 0 spiro atoms. The first kappa shape index (κ1) is 14.3. The average Bonchev–Trinajstić information content (AvgIpc) is 2.75. The molecule has 20 heavy (non-hydrogen) atoms. The number of hydrogen-bond donors (Lipinski definition) is 0. The summed E-state index contributed by atoms with van der Waals surface area (Å²) in [6.07, 6.45) is 1.56. The van der Waals surface area contributed by atoms with Crippen molar-refractivity contribution in [2.45, 2.75) is 17.1 Å². The molecule has 1 aromatic heterocycles. The van der Waals surface area contributed by atoms with Gasteiger partial charge < -0.3 is 0 Å². The van der Waals surface area contributed by atoms with Crippen LogP contribution < -0.4 is 0 Å². The van der Waals surface area contributed by atoms with Crippen LogP contribution in [0.15, 0.2) is 44.4 Å². The summed E-state index contributed by atoms with van der Waals surface area (Å²) in [6, 6.07) is 11.7. The first-order chi connectivity index (χ1) is 9.57. The van der Waals surface area contributed by atoms with E-state index in [0.29, 0.717) is 17.3 Å². The molecule has 3 rings (SSSR count). The number of halogens is 1. The summed E-state index contributed by atoms with van der Waals surface area (Å²) >= 11 is 4.59. The summed E-state index contributed by atoms with van der Waals surface area (Å²) in [7, 11) is -3.36. The largest absolute Gasteiger partial charge is 0.252 e. The highest BCUT2D eigenvalue weighted by Crippen LogP contribution is 2.29. The van der Waals surface area contributed by atoms with Gasteiger partial charge in [0, 0.05) is 13.1 Å². The predicted molar refractivity (Wildman–Crippen MR) is 84.6 cm³/mol. The van der Waals surface area contributed by atoms with Crippen molar-refractivity contribution in [2.75, 3.05) is 13.1 Å². The minimum atomic E-state index is -3.36. The summed E-state index contributed by atoms with van der Waals surface area (Å²) in [6.45, 7) is 1.10. The minimum absolute atomic E-state index is 0.412. The van der Waals surface area contributed by atoms with E-state index in [1.165, 1.54) is 22.5 Å². The molecule has 106 valence electrons. The first-order valence-corrected chi connectivity index (χ1v) is 9.44. The maximum atomic E-state index is 12.6. The Bertz CT molecular complexity index is 697. The molecule has 0 atom stereocenters. The van der Waals surface area contributed by atoms with Crippen molar-refractivity contribution in [1.82, 2.24) is 4.31 Å².